The molecule has 2 N–H and O–H groups in total. The first-order chi connectivity index (χ1) is 7.69. The molecule has 1 aliphatic rings. The summed E-state index contributed by atoms with van der Waals surface area (Å²) in [5, 5.41) is 0.479. The molecule has 0 radical (unpaired) electrons. The largest absolute Gasteiger partial charge is 0.399 e. The summed E-state index contributed by atoms with van der Waals surface area (Å²) >= 11 is 5.91. The van der Waals surface area contributed by atoms with Gasteiger partial charge in [0.2, 0.25) is 0 Å². The van der Waals surface area contributed by atoms with Crippen LogP contribution in [0.3, 0.4) is 0 Å². The molecule has 1 fully saturated rings. The Bertz CT molecular complexity index is 339. The molecule has 88 valence electrons. The number of hydrogen-bond donors (Lipinski definition) is 1. The quantitative estimate of drug-likeness (QED) is 0.807. The number of nitrogens with zero attached hydrogens (tertiary/aromatic N) is 2. The molecule has 4 heteroatoms. The van der Waals surface area contributed by atoms with Crippen molar-refractivity contribution in [3.8, 4) is 0 Å². The van der Waals surface area contributed by atoms with Crippen molar-refractivity contribution in [1.29, 1.82) is 0 Å². The molecule has 0 unspecified atom stereocenters. The minimum atomic E-state index is 0.479. The van der Waals surface area contributed by atoms with Crippen molar-refractivity contribution in [2.24, 2.45) is 5.92 Å². The van der Waals surface area contributed by atoms with Crippen LogP contribution in [0.25, 0.3) is 0 Å². The van der Waals surface area contributed by atoms with Crippen molar-refractivity contribution in [1.82, 2.24) is 4.98 Å². The molecule has 16 heavy (non-hydrogen) atoms. The van der Waals surface area contributed by atoms with Gasteiger partial charge in [0.1, 0.15) is 11.0 Å². The molecule has 0 saturated carbocycles. The van der Waals surface area contributed by atoms with Crippen LogP contribution in [0.15, 0.2) is 12.1 Å². The van der Waals surface area contributed by atoms with E-state index >= 15 is 0 Å². The zero-order chi connectivity index (χ0) is 11.5. The van der Waals surface area contributed by atoms with Gasteiger partial charge in [0, 0.05) is 24.8 Å². The van der Waals surface area contributed by atoms with Gasteiger partial charge in [-0.05, 0) is 24.8 Å². The Morgan fingerprint density at radius 3 is 2.69 bits per heavy atom. The Balaban J connectivity index is 2.08. The number of pyridine rings is 1. The first-order valence-corrected chi connectivity index (χ1v) is 6.25. The van der Waals surface area contributed by atoms with Crippen molar-refractivity contribution in [2.45, 2.75) is 26.2 Å². The van der Waals surface area contributed by atoms with Gasteiger partial charge in [-0.3, -0.25) is 0 Å². The molecule has 0 atom stereocenters. The van der Waals surface area contributed by atoms with Gasteiger partial charge in [0.15, 0.2) is 0 Å². The Kier molecular flexibility index (Phi) is 3.54. The number of hydrogen-bond acceptors (Lipinski definition) is 3. The van der Waals surface area contributed by atoms with Crippen LogP contribution in [0.5, 0.6) is 0 Å². The molecule has 1 aromatic rings. The third-order valence-electron chi connectivity index (χ3n) is 3.32. The standard InChI is InChI=1S/C12H18ClN3/c1-2-9-3-5-16(6-4-9)12-8-10(14)7-11(13)15-12/h7-9H,2-6H2,1H3,(H2,14,15). The van der Waals surface area contributed by atoms with E-state index in [0.717, 1.165) is 24.8 Å². The van der Waals surface area contributed by atoms with Crippen LogP contribution in [0.4, 0.5) is 11.5 Å². The lowest BCUT2D eigenvalue weighted by Crippen LogP contribution is -2.34. The highest BCUT2D eigenvalue weighted by molar-refractivity contribution is 6.29. The van der Waals surface area contributed by atoms with Gasteiger partial charge in [0.05, 0.1) is 0 Å². The fourth-order valence-electron chi connectivity index (χ4n) is 2.23. The summed E-state index contributed by atoms with van der Waals surface area (Å²) in [7, 11) is 0. The van der Waals surface area contributed by atoms with Crippen LogP contribution in [0.2, 0.25) is 5.15 Å². The minimum absolute atomic E-state index is 0.479. The summed E-state index contributed by atoms with van der Waals surface area (Å²) in [5.41, 5.74) is 6.46. The summed E-state index contributed by atoms with van der Waals surface area (Å²) in [6.07, 6.45) is 3.76. The topological polar surface area (TPSA) is 42.1 Å². The third kappa shape index (κ3) is 2.59. The van der Waals surface area contributed by atoms with Crippen LogP contribution in [0, 0.1) is 5.92 Å². The Hall–Kier alpha value is -0.960. The fourth-order valence-corrected chi connectivity index (χ4v) is 2.45. The van der Waals surface area contributed by atoms with Crippen LogP contribution in [-0.4, -0.2) is 18.1 Å². The van der Waals surface area contributed by atoms with E-state index in [-0.39, 0.29) is 0 Å². The van der Waals surface area contributed by atoms with Crippen molar-refractivity contribution in [3.63, 3.8) is 0 Å². The van der Waals surface area contributed by atoms with Crippen LogP contribution >= 0.6 is 11.6 Å². The second kappa shape index (κ2) is 4.91. The molecule has 1 aromatic heterocycles. The van der Waals surface area contributed by atoms with Gasteiger partial charge < -0.3 is 10.6 Å². The van der Waals surface area contributed by atoms with E-state index < -0.39 is 0 Å². The van der Waals surface area contributed by atoms with Crippen molar-refractivity contribution >= 4 is 23.1 Å². The highest BCUT2D eigenvalue weighted by Crippen LogP contribution is 2.26. The molecule has 1 saturated heterocycles. The van der Waals surface area contributed by atoms with Crippen LogP contribution in [0.1, 0.15) is 26.2 Å². The predicted molar refractivity (Wildman–Crippen MR) is 68.9 cm³/mol. The number of halogens is 1. The lowest BCUT2D eigenvalue weighted by Gasteiger charge is -2.32. The first kappa shape index (κ1) is 11.5. The average Bonchev–Trinajstić information content (AvgIpc) is 2.28. The molecule has 0 aromatic carbocycles. The van der Waals surface area contributed by atoms with Gasteiger partial charge in [-0.2, -0.15) is 0 Å². The van der Waals surface area contributed by atoms with Crippen molar-refractivity contribution in [3.05, 3.63) is 17.3 Å². The molecule has 2 rings (SSSR count). The minimum Gasteiger partial charge on any atom is -0.399 e. The SMILES string of the molecule is CCC1CCN(c2cc(N)cc(Cl)n2)CC1. The average molecular weight is 240 g/mol. The molecule has 0 bridgehead atoms. The summed E-state index contributed by atoms with van der Waals surface area (Å²) in [6.45, 7) is 4.38. The predicted octanol–water partition coefficient (Wildman–Crippen LogP) is 2.94. The normalized spacial score (nSPS) is 17.8. The maximum Gasteiger partial charge on any atom is 0.133 e. The second-order valence-electron chi connectivity index (χ2n) is 4.42. The van der Waals surface area contributed by atoms with E-state index in [4.69, 9.17) is 17.3 Å². The highest BCUT2D eigenvalue weighted by Gasteiger charge is 2.19. The monoisotopic (exact) mass is 239 g/mol. The maximum absolute atomic E-state index is 5.91. The molecule has 0 aliphatic carbocycles. The third-order valence-corrected chi connectivity index (χ3v) is 3.51. The number of piperidine rings is 1. The zero-order valence-electron chi connectivity index (χ0n) is 9.62. The first-order valence-electron chi connectivity index (χ1n) is 5.87. The fraction of sp³-hybridized carbons (Fsp3) is 0.583. The molecular weight excluding hydrogens is 222 g/mol. The molecule has 1 aliphatic heterocycles. The summed E-state index contributed by atoms with van der Waals surface area (Å²) in [4.78, 5) is 6.59. The van der Waals surface area contributed by atoms with Crippen LogP contribution < -0.4 is 10.6 Å². The highest BCUT2D eigenvalue weighted by atomic mass is 35.5. The zero-order valence-corrected chi connectivity index (χ0v) is 10.4. The summed E-state index contributed by atoms with van der Waals surface area (Å²) in [5.74, 6) is 1.78. The van der Waals surface area contributed by atoms with E-state index in [0.29, 0.717) is 10.8 Å². The number of nitrogens with two attached hydrogens (primary N) is 1. The number of rotatable bonds is 2. The second-order valence-corrected chi connectivity index (χ2v) is 4.81. The summed E-state index contributed by atoms with van der Waals surface area (Å²) in [6, 6.07) is 3.59. The Morgan fingerprint density at radius 2 is 2.12 bits per heavy atom. The molecule has 2 heterocycles. The number of aromatic nitrogens is 1. The van der Waals surface area contributed by atoms with E-state index in [1.165, 1.54) is 19.3 Å². The molecule has 3 nitrogen and oxygen atoms in total. The Morgan fingerprint density at radius 1 is 1.44 bits per heavy atom. The van der Waals surface area contributed by atoms with E-state index in [1.807, 2.05) is 6.07 Å². The molecule has 0 amide bonds. The lowest BCUT2D eigenvalue weighted by molar-refractivity contribution is 0.394. The molecular formula is C12H18ClN3. The van der Waals surface area contributed by atoms with Crippen LogP contribution in [-0.2, 0) is 0 Å². The van der Waals surface area contributed by atoms with Gasteiger partial charge in [-0.1, -0.05) is 24.9 Å². The Labute approximate surface area is 102 Å². The van der Waals surface area contributed by atoms with Crippen molar-refractivity contribution in [2.75, 3.05) is 23.7 Å². The van der Waals surface area contributed by atoms with E-state index in [9.17, 15) is 0 Å². The smallest absolute Gasteiger partial charge is 0.133 e. The van der Waals surface area contributed by atoms with Crippen molar-refractivity contribution < 1.29 is 0 Å². The van der Waals surface area contributed by atoms with E-state index in [2.05, 4.69) is 16.8 Å². The maximum atomic E-state index is 5.91. The lowest BCUT2D eigenvalue weighted by atomic mass is 9.94. The van der Waals surface area contributed by atoms with Gasteiger partial charge >= 0.3 is 0 Å². The van der Waals surface area contributed by atoms with Gasteiger partial charge in [-0.25, -0.2) is 4.98 Å². The number of nitrogen functional groups attached to an aromatic ring is 1. The van der Waals surface area contributed by atoms with E-state index in [1.54, 1.807) is 6.07 Å². The van der Waals surface area contributed by atoms with Gasteiger partial charge in [0.25, 0.3) is 0 Å². The molecule has 0 spiro atoms. The summed E-state index contributed by atoms with van der Waals surface area (Å²) < 4.78 is 0. The van der Waals surface area contributed by atoms with Gasteiger partial charge in [-0.15, -0.1) is 0 Å². The number of anilines is 2.